The minimum absolute atomic E-state index is 0.0452. The predicted octanol–water partition coefficient (Wildman–Crippen LogP) is 3.70. The van der Waals surface area contributed by atoms with Crippen LogP contribution in [0, 0.1) is 5.82 Å². The quantitative estimate of drug-likeness (QED) is 0.470. The van der Waals surface area contributed by atoms with Crippen molar-refractivity contribution in [1.29, 1.82) is 0 Å². The number of methoxy groups -OCH3 is 1. The third kappa shape index (κ3) is 4.52. The Bertz CT molecular complexity index is 1180. The highest BCUT2D eigenvalue weighted by molar-refractivity contribution is 5.97. The van der Waals surface area contributed by atoms with E-state index in [0.717, 1.165) is 37.3 Å². The summed E-state index contributed by atoms with van der Waals surface area (Å²) in [4.78, 5) is 28.9. The van der Waals surface area contributed by atoms with Crippen LogP contribution in [0.15, 0.2) is 42.5 Å². The molecule has 33 heavy (non-hydrogen) atoms. The van der Waals surface area contributed by atoms with Gasteiger partial charge in [-0.1, -0.05) is 37.1 Å². The number of aromatic carboxylic acids is 1. The SMILES string of the molecule is COc1ccc(F)cc1C(=O)NCc1ccc(-c2nc(C3CCCC3)n(N)c2C(=O)O)cc1. The van der Waals surface area contributed by atoms with Gasteiger partial charge in [-0.05, 0) is 36.6 Å². The van der Waals surface area contributed by atoms with Crippen molar-refractivity contribution in [3.63, 3.8) is 0 Å². The molecule has 2 aromatic carbocycles. The topological polar surface area (TPSA) is 119 Å². The summed E-state index contributed by atoms with van der Waals surface area (Å²) in [6, 6.07) is 10.8. The first-order chi connectivity index (χ1) is 15.9. The first-order valence-electron chi connectivity index (χ1n) is 10.7. The number of hydrogen-bond acceptors (Lipinski definition) is 5. The zero-order chi connectivity index (χ0) is 23.5. The van der Waals surface area contributed by atoms with E-state index in [1.165, 1.54) is 23.9 Å². The summed E-state index contributed by atoms with van der Waals surface area (Å²) in [6.07, 6.45) is 4.05. The second-order valence-corrected chi connectivity index (χ2v) is 8.05. The maximum absolute atomic E-state index is 13.5. The molecule has 0 aliphatic heterocycles. The third-order valence-electron chi connectivity index (χ3n) is 5.95. The Morgan fingerprint density at radius 2 is 1.91 bits per heavy atom. The molecular weight excluding hydrogens is 427 g/mol. The molecule has 1 aromatic heterocycles. The van der Waals surface area contributed by atoms with E-state index in [4.69, 9.17) is 10.6 Å². The molecule has 1 fully saturated rings. The summed E-state index contributed by atoms with van der Waals surface area (Å²) in [7, 11) is 1.41. The minimum Gasteiger partial charge on any atom is -0.496 e. The molecule has 0 radical (unpaired) electrons. The van der Waals surface area contributed by atoms with Gasteiger partial charge < -0.3 is 21.0 Å². The second-order valence-electron chi connectivity index (χ2n) is 8.05. The van der Waals surface area contributed by atoms with E-state index < -0.39 is 17.7 Å². The molecular formula is C24H25FN4O4. The molecule has 1 aliphatic rings. The average molecular weight is 452 g/mol. The van der Waals surface area contributed by atoms with Gasteiger partial charge in [-0.15, -0.1) is 0 Å². The number of benzene rings is 2. The summed E-state index contributed by atoms with van der Waals surface area (Å²) in [6.45, 7) is 0.198. The van der Waals surface area contributed by atoms with Gasteiger partial charge in [0.2, 0.25) is 0 Å². The first kappa shape index (κ1) is 22.3. The summed E-state index contributed by atoms with van der Waals surface area (Å²) in [5, 5.41) is 12.4. The molecule has 0 spiro atoms. The van der Waals surface area contributed by atoms with Crippen LogP contribution in [-0.2, 0) is 6.54 Å². The van der Waals surface area contributed by atoms with Crippen LogP contribution in [0.3, 0.4) is 0 Å². The molecule has 1 aliphatic carbocycles. The minimum atomic E-state index is -1.13. The number of nitrogen functional groups attached to an aromatic ring is 1. The lowest BCUT2D eigenvalue weighted by Crippen LogP contribution is -2.23. The molecule has 8 nitrogen and oxygen atoms in total. The van der Waals surface area contributed by atoms with E-state index in [2.05, 4.69) is 10.3 Å². The Kier molecular flexibility index (Phi) is 6.30. The monoisotopic (exact) mass is 452 g/mol. The van der Waals surface area contributed by atoms with Crippen LogP contribution >= 0.6 is 0 Å². The number of carboxylic acid groups (broad SMARTS) is 1. The van der Waals surface area contributed by atoms with Crippen molar-refractivity contribution in [1.82, 2.24) is 15.0 Å². The van der Waals surface area contributed by atoms with E-state index >= 15 is 0 Å². The zero-order valence-corrected chi connectivity index (χ0v) is 18.2. The lowest BCUT2D eigenvalue weighted by molar-refractivity contribution is 0.0687. The maximum atomic E-state index is 13.5. The van der Waals surface area contributed by atoms with Crippen molar-refractivity contribution in [2.45, 2.75) is 38.1 Å². The number of amides is 1. The summed E-state index contributed by atoms with van der Waals surface area (Å²) >= 11 is 0. The van der Waals surface area contributed by atoms with Gasteiger partial charge in [0, 0.05) is 18.0 Å². The fourth-order valence-electron chi connectivity index (χ4n) is 4.24. The van der Waals surface area contributed by atoms with Gasteiger partial charge in [0.15, 0.2) is 5.69 Å². The molecule has 0 bridgehead atoms. The van der Waals surface area contributed by atoms with Crippen molar-refractivity contribution in [2.75, 3.05) is 13.0 Å². The van der Waals surface area contributed by atoms with Gasteiger partial charge in [0.1, 0.15) is 23.1 Å². The van der Waals surface area contributed by atoms with Crippen molar-refractivity contribution >= 4 is 11.9 Å². The summed E-state index contributed by atoms with van der Waals surface area (Å²) in [5.74, 6) is 5.02. The molecule has 4 rings (SSSR count). The van der Waals surface area contributed by atoms with Crippen LogP contribution in [0.1, 0.15) is 63.8 Å². The Morgan fingerprint density at radius 1 is 1.21 bits per heavy atom. The van der Waals surface area contributed by atoms with Crippen LogP contribution < -0.4 is 15.9 Å². The molecule has 1 heterocycles. The summed E-state index contributed by atoms with van der Waals surface area (Å²) < 4.78 is 19.9. The molecule has 4 N–H and O–H groups in total. The van der Waals surface area contributed by atoms with E-state index in [0.29, 0.717) is 17.1 Å². The van der Waals surface area contributed by atoms with E-state index in [1.54, 1.807) is 24.3 Å². The van der Waals surface area contributed by atoms with E-state index in [1.807, 2.05) is 0 Å². The standard InChI is InChI=1S/C24H25FN4O4/c1-33-19-11-10-17(25)12-18(19)23(30)27-13-14-6-8-15(9-7-14)20-21(24(31)32)29(26)22(28-20)16-4-2-3-5-16/h6-12,16H,2-5,13,26H2,1H3,(H,27,30)(H,31,32). The van der Waals surface area contributed by atoms with Gasteiger partial charge >= 0.3 is 5.97 Å². The number of nitrogens with one attached hydrogen (secondary N) is 1. The smallest absolute Gasteiger partial charge is 0.356 e. The van der Waals surface area contributed by atoms with Crippen molar-refractivity contribution in [3.05, 3.63) is 70.9 Å². The van der Waals surface area contributed by atoms with Gasteiger partial charge in [-0.3, -0.25) is 4.79 Å². The Labute approximate surface area is 190 Å². The van der Waals surface area contributed by atoms with Gasteiger partial charge in [-0.2, -0.15) is 0 Å². The third-order valence-corrected chi connectivity index (χ3v) is 5.95. The lowest BCUT2D eigenvalue weighted by Gasteiger charge is -2.10. The van der Waals surface area contributed by atoms with E-state index in [9.17, 15) is 19.1 Å². The van der Waals surface area contributed by atoms with E-state index in [-0.39, 0.29) is 29.5 Å². The van der Waals surface area contributed by atoms with Crippen molar-refractivity contribution < 1.29 is 23.8 Å². The maximum Gasteiger partial charge on any atom is 0.356 e. The highest BCUT2D eigenvalue weighted by Gasteiger charge is 2.28. The fourth-order valence-corrected chi connectivity index (χ4v) is 4.24. The van der Waals surface area contributed by atoms with Gasteiger partial charge in [0.25, 0.3) is 5.91 Å². The Morgan fingerprint density at radius 3 is 2.55 bits per heavy atom. The number of nitrogens with zero attached hydrogens (tertiary/aromatic N) is 2. The number of nitrogens with two attached hydrogens (primary N) is 1. The molecule has 0 unspecified atom stereocenters. The zero-order valence-electron chi connectivity index (χ0n) is 18.2. The Hall–Kier alpha value is -3.88. The molecule has 172 valence electrons. The summed E-state index contributed by atoms with van der Waals surface area (Å²) in [5.41, 5.74) is 1.79. The van der Waals surface area contributed by atoms with Crippen LogP contribution in [0.25, 0.3) is 11.3 Å². The van der Waals surface area contributed by atoms with Gasteiger partial charge in [0.05, 0.1) is 12.7 Å². The molecule has 9 heteroatoms. The van der Waals surface area contributed by atoms with Crippen LogP contribution in [-0.4, -0.2) is 33.8 Å². The predicted molar refractivity (Wildman–Crippen MR) is 120 cm³/mol. The number of hydrogen-bond donors (Lipinski definition) is 3. The van der Waals surface area contributed by atoms with Crippen molar-refractivity contribution in [2.24, 2.45) is 0 Å². The number of carbonyl (C=O) groups excluding carboxylic acids is 1. The number of carboxylic acids is 1. The van der Waals surface area contributed by atoms with Gasteiger partial charge in [-0.25, -0.2) is 18.8 Å². The van der Waals surface area contributed by atoms with Crippen molar-refractivity contribution in [3.8, 4) is 17.0 Å². The number of rotatable bonds is 7. The highest BCUT2D eigenvalue weighted by Crippen LogP contribution is 2.35. The Balaban J connectivity index is 1.52. The number of carbonyl (C=O) groups is 2. The largest absolute Gasteiger partial charge is 0.496 e. The number of ether oxygens (including phenoxy) is 1. The lowest BCUT2D eigenvalue weighted by atomic mass is 10.1. The molecule has 3 aromatic rings. The second kappa shape index (κ2) is 9.32. The number of halogens is 1. The van der Waals surface area contributed by atoms with Crippen LogP contribution in [0.2, 0.25) is 0 Å². The fraction of sp³-hybridized carbons (Fsp3) is 0.292. The van der Waals surface area contributed by atoms with Crippen LogP contribution in [0.5, 0.6) is 5.75 Å². The molecule has 0 atom stereocenters. The van der Waals surface area contributed by atoms with Crippen LogP contribution in [0.4, 0.5) is 4.39 Å². The molecule has 1 saturated carbocycles. The highest BCUT2D eigenvalue weighted by atomic mass is 19.1. The number of imidazole rings is 1. The normalized spacial score (nSPS) is 13.8. The average Bonchev–Trinajstić information content (AvgIpc) is 3.45. The molecule has 1 amide bonds. The first-order valence-corrected chi connectivity index (χ1v) is 10.7. The number of aromatic nitrogens is 2. The molecule has 0 saturated heterocycles.